The van der Waals surface area contributed by atoms with Gasteiger partial charge in [-0.15, -0.1) is 0 Å². The molecule has 0 aromatic heterocycles. The summed E-state index contributed by atoms with van der Waals surface area (Å²) < 4.78 is 5.31. The van der Waals surface area contributed by atoms with Crippen molar-refractivity contribution in [1.29, 1.82) is 0 Å². The Bertz CT molecular complexity index is 971. The third-order valence-electron chi connectivity index (χ3n) is 6.93. The minimum Gasteiger partial charge on any atom is -0.444 e. The highest BCUT2D eigenvalue weighted by Gasteiger charge is 2.33. The molecule has 3 rings (SSSR count). The Morgan fingerprint density at radius 3 is 2.44 bits per heavy atom. The van der Waals surface area contributed by atoms with Gasteiger partial charge in [0, 0.05) is 55.9 Å². The van der Waals surface area contributed by atoms with Gasteiger partial charge in [0.25, 0.3) is 0 Å². The fourth-order valence-electron chi connectivity index (χ4n) is 4.99. The van der Waals surface area contributed by atoms with E-state index in [1.165, 1.54) is 11.9 Å². The van der Waals surface area contributed by atoms with Crippen LogP contribution in [0.1, 0.15) is 64.5 Å². The second kappa shape index (κ2) is 11.8. The van der Waals surface area contributed by atoms with Gasteiger partial charge in [-0.2, -0.15) is 0 Å². The van der Waals surface area contributed by atoms with Crippen LogP contribution in [0.4, 0.5) is 10.5 Å². The lowest BCUT2D eigenvalue weighted by molar-refractivity contribution is -0.140. The lowest BCUT2D eigenvalue weighted by Gasteiger charge is -2.41. The molecular weight excluding hydrogens is 480 g/mol. The maximum absolute atomic E-state index is 12.9. The molecule has 8 nitrogen and oxygen atoms in total. The predicted octanol–water partition coefficient (Wildman–Crippen LogP) is 4.68. The topological polar surface area (TPSA) is 82.2 Å². The van der Waals surface area contributed by atoms with Gasteiger partial charge in [-0.3, -0.25) is 14.5 Å². The maximum Gasteiger partial charge on any atom is 0.410 e. The lowest BCUT2D eigenvalue weighted by atomic mass is 10.0. The van der Waals surface area contributed by atoms with Gasteiger partial charge in [-0.05, 0) is 70.7 Å². The van der Waals surface area contributed by atoms with E-state index in [4.69, 9.17) is 16.3 Å². The third kappa shape index (κ3) is 7.59. The minimum atomic E-state index is -0.632. The van der Waals surface area contributed by atoms with E-state index >= 15 is 0 Å². The number of hydrogen-bond donors (Lipinski definition) is 1. The molecule has 1 aromatic rings. The van der Waals surface area contributed by atoms with Gasteiger partial charge in [0.2, 0.25) is 11.8 Å². The van der Waals surface area contributed by atoms with E-state index in [0.29, 0.717) is 23.2 Å². The van der Waals surface area contributed by atoms with Gasteiger partial charge >= 0.3 is 6.09 Å². The summed E-state index contributed by atoms with van der Waals surface area (Å²) in [6, 6.07) is 3.82. The first kappa shape index (κ1) is 28.3. The first-order valence-corrected chi connectivity index (χ1v) is 13.3. The molecule has 2 fully saturated rings. The minimum absolute atomic E-state index is 0.134. The summed E-state index contributed by atoms with van der Waals surface area (Å²) in [5.41, 5.74) is 1.96. The van der Waals surface area contributed by atoms with Crippen molar-refractivity contribution in [1.82, 2.24) is 14.7 Å². The van der Waals surface area contributed by atoms with Crippen LogP contribution in [0, 0.1) is 12.8 Å². The molecule has 3 amide bonds. The quantitative estimate of drug-likeness (QED) is 0.589. The number of hydrogen-bond acceptors (Lipinski definition) is 5. The van der Waals surface area contributed by atoms with E-state index in [-0.39, 0.29) is 24.4 Å². The zero-order valence-corrected chi connectivity index (χ0v) is 23.3. The zero-order chi connectivity index (χ0) is 26.6. The summed E-state index contributed by atoms with van der Waals surface area (Å²) >= 11 is 6.41. The summed E-state index contributed by atoms with van der Waals surface area (Å²) in [4.78, 5) is 43.4. The Kier molecular flexibility index (Phi) is 9.28. The molecule has 2 aliphatic rings. The number of nitrogens with zero attached hydrogens (tertiary/aromatic N) is 3. The summed E-state index contributed by atoms with van der Waals surface area (Å²) in [6.07, 6.45) is 3.82. The van der Waals surface area contributed by atoms with E-state index in [1.807, 2.05) is 13.0 Å². The zero-order valence-electron chi connectivity index (χ0n) is 22.5. The molecule has 1 saturated heterocycles. The largest absolute Gasteiger partial charge is 0.444 e. The summed E-state index contributed by atoms with van der Waals surface area (Å²) in [6.45, 7) is 12.3. The fraction of sp³-hybridized carbons (Fsp3) is 0.667. The normalized spacial score (nSPS) is 19.3. The Balaban J connectivity index is 1.60. The van der Waals surface area contributed by atoms with E-state index in [1.54, 1.807) is 26.8 Å². The molecule has 0 bridgehead atoms. The highest BCUT2D eigenvalue weighted by molar-refractivity contribution is 6.31. The number of piperazine rings is 1. The SMILES string of the molecule is Cc1c(CN2CCN(C(=O)C3CCCC3)[C@@H](C)C2)cc(Cl)cc1NC(=O)CN(C)C(=O)OC(C)(C)C. The van der Waals surface area contributed by atoms with Crippen molar-refractivity contribution in [2.24, 2.45) is 5.92 Å². The van der Waals surface area contributed by atoms with Crippen molar-refractivity contribution in [3.8, 4) is 0 Å². The molecule has 1 atom stereocenters. The molecule has 36 heavy (non-hydrogen) atoms. The van der Waals surface area contributed by atoms with Crippen molar-refractivity contribution < 1.29 is 19.1 Å². The van der Waals surface area contributed by atoms with Gasteiger partial charge in [0.15, 0.2) is 0 Å². The van der Waals surface area contributed by atoms with E-state index in [9.17, 15) is 14.4 Å². The Morgan fingerprint density at radius 2 is 1.83 bits per heavy atom. The summed E-state index contributed by atoms with van der Waals surface area (Å²) in [5, 5.41) is 3.43. The maximum atomic E-state index is 12.9. The molecule has 9 heteroatoms. The summed E-state index contributed by atoms with van der Waals surface area (Å²) in [5.74, 6) is 0.196. The van der Waals surface area contributed by atoms with Gasteiger partial charge < -0.3 is 19.9 Å². The average molecular weight is 521 g/mol. The Labute approximate surface area is 220 Å². The van der Waals surface area contributed by atoms with Crippen molar-refractivity contribution >= 4 is 35.2 Å². The van der Waals surface area contributed by atoms with Crippen LogP contribution in [0.15, 0.2) is 12.1 Å². The number of benzene rings is 1. The Morgan fingerprint density at radius 1 is 1.17 bits per heavy atom. The van der Waals surface area contributed by atoms with Crippen LogP contribution in [-0.2, 0) is 20.9 Å². The van der Waals surface area contributed by atoms with E-state index < -0.39 is 11.7 Å². The molecular formula is C27H41ClN4O4. The first-order chi connectivity index (χ1) is 16.8. The highest BCUT2D eigenvalue weighted by Crippen LogP contribution is 2.29. The molecule has 0 radical (unpaired) electrons. The molecule has 1 aliphatic heterocycles. The summed E-state index contributed by atoms with van der Waals surface area (Å²) in [7, 11) is 1.53. The van der Waals surface area contributed by atoms with Crippen LogP contribution < -0.4 is 5.32 Å². The Hall–Kier alpha value is -2.32. The fourth-order valence-corrected chi connectivity index (χ4v) is 5.23. The molecule has 1 aromatic carbocycles. The predicted molar refractivity (Wildman–Crippen MR) is 142 cm³/mol. The van der Waals surface area contributed by atoms with Gasteiger partial charge in [-0.1, -0.05) is 24.4 Å². The van der Waals surface area contributed by atoms with Crippen LogP contribution >= 0.6 is 11.6 Å². The van der Waals surface area contributed by atoms with Crippen molar-refractivity contribution in [3.05, 3.63) is 28.3 Å². The van der Waals surface area contributed by atoms with E-state index in [0.717, 1.165) is 56.4 Å². The van der Waals surface area contributed by atoms with Crippen molar-refractivity contribution in [3.63, 3.8) is 0 Å². The van der Waals surface area contributed by atoms with Crippen LogP contribution in [0.5, 0.6) is 0 Å². The number of carbonyl (C=O) groups is 3. The number of anilines is 1. The second-order valence-corrected chi connectivity index (χ2v) is 11.7. The van der Waals surface area contributed by atoms with Crippen molar-refractivity contribution in [2.75, 3.05) is 38.5 Å². The average Bonchev–Trinajstić information content (AvgIpc) is 3.30. The highest BCUT2D eigenvalue weighted by atomic mass is 35.5. The number of halogens is 1. The number of nitrogens with one attached hydrogen (secondary N) is 1. The van der Waals surface area contributed by atoms with Crippen LogP contribution in [0.3, 0.4) is 0 Å². The first-order valence-electron chi connectivity index (χ1n) is 12.9. The molecule has 1 N–H and O–H groups in total. The number of amides is 3. The molecule has 1 aliphatic carbocycles. The molecule has 1 heterocycles. The van der Waals surface area contributed by atoms with Crippen molar-refractivity contribution in [2.45, 2.75) is 78.5 Å². The van der Waals surface area contributed by atoms with Crippen LogP contribution in [0.2, 0.25) is 5.02 Å². The standard InChI is InChI=1S/C27H41ClN4O4/c1-18-15-31(11-12-32(18)25(34)20-9-7-8-10-20)16-21-13-22(28)14-23(19(21)2)29-24(33)17-30(6)26(35)36-27(3,4)5/h13-14,18,20H,7-12,15-17H2,1-6H3,(H,29,33)/t18-/m0/s1. The van der Waals surface area contributed by atoms with Crippen LogP contribution in [0.25, 0.3) is 0 Å². The number of ether oxygens (including phenoxy) is 1. The molecule has 0 unspecified atom stereocenters. The number of rotatable bonds is 6. The van der Waals surface area contributed by atoms with Gasteiger partial charge in [-0.25, -0.2) is 4.79 Å². The number of likely N-dealkylation sites (N-methyl/N-ethyl adjacent to an activating group) is 1. The smallest absolute Gasteiger partial charge is 0.410 e. The van der Waals surface area contributed by atoms with E-state index in [2.05, 4.69) is 22.0 Å². The van der Waals surface area contributed by atoms with Gasteiger partial charge in [0.1, 0.15) is 12.1 Å². The van der Waals surface area contributed by atoms with Gasteiger partial charge in [0.05, 0.1) is 0 Å². The third-order valence-corrected chi connectivity index (χ3v) is 7.15. The lowest BCUT2D eigenvalue weighted by Crippen LogP contribution is -2.54. The molecule has 200 valence electrons. The molecule has 1 saturated carbocycles. The second-order valence-electron chi connectivity index (χ2n) is 11.2. The number of carbonyl (C=O) groups excluding carboxylic acids is 3. The molecule has 0 spiro atoms. The monoisotopic (exact) mass is 520 g/mol. The van der Waals surface area contributed by atoms with Crippen LogP contribution in [-0.4, -0.2) is 77.5 Å².